The maximum Gasteiger partial charge on any atom is 0.519 e. The molecule has 0 spiro atoms. The normalized spacial score (nSPS) is 13.5. The van der Waals surface area contributed by atoms with E-state index in [1.807, 2.05) is 97.1 Å². The molecule has 0 N–H and O–H groups in total. The van der Waals surface area contributed by atoms with Crippen molar-refractivity contribution in [3.63, 3.8) is 0 Å². The lowest BCUT2D eigenvalue weighted by Crippen LogP contribution is -2.30. The van der Waals surface area contributed by atoms with Gasteiger partial charge in [0, 0.05) is 24.2 Å². The van der Waals surface area contributed by atoms with E-state index in [9.17, 15) is 19.2 Å². The molecule has 0 aromatic heterocycles. The molecule has 84 heavy (non-hydrogen) atoms. The van der Waals surface area contributed by atoms with Gasteiger partial charge in [0.25, 0.3) is 0 Å². The van der Waals surface area contributed by atoms with Crippen LogP contribution in [-0.4, -0.2) is 38.3 Å². The molecule has 1 fully saturated rings. The van der Waals surface area contributed by atoms with Crippen molar-refractivity contribution in [3.8, 4) is 51.4 Å². The first-order valence-electron chi connectivity index (χ1n) is 28.2. The number of hydrogen-bond acceptors (Lipinski definition) is 11. The van der Waals surface area contributed by atoms with Crippen molar-refractivity contribution in [3.05, 3.63) is 268 Å². The molecule has 0 atom stereocenters. The van der Waals surface area contributed by atoms with Crippen LogP contribution in [0.3, 0.4) is 0 Å². The summed E-state index contributed by atoms with van der Waals surface area (Å²) in [6, 6.07) is 70.5. The van der Waals surface area contributed by atoms with Gasteiger partial charge < -0.3 is 33.2 Å². The fourth-order valence-electron chi connectivity index (χ4n) is 11.9. The Bertz CT molecular complexity index is 3700. The predicted molar refractivity (Wildman–Crippen MR) is 324 cm³/mol. The molecular weight excluding hydrogens is 1050 g/mol. The number of methoxy groups -OCH3 is 2. The number of carbonyl (C=O) groups excluding carboxylic acids is 4. The average molecular weight is 1120 g/mol. The smallest absolute Gasteiger partial charge is 0.497 e. The zero-order valence-corrected chi connectivity index (χ0v) is 48.0. The lowest BCUT2D eigenvalue weighted by Gasteiger charge is -2.38. The second-order valence-corrected chi connectivity index (χ2v) is 21.7. The summed E-state index contributed by atoms with van der Waals surface area (Å²) in [7, 11) is 3.33. The molecule has 0 aliphatic heterocycles. The van der Waals surface area contributed by atoms with Crippen molar-refractivity contribution in [1.82, 2.24) is 0 Å². The van der Waals surface area contributed by atoms with Crippen LogP contribution in [0.2, 0.25) is 0 Å². The third-order valence-corrected chi connectivity index (χ3v) is 16.1. The first-order chi connectivity index (χ1) is 40.7. The van der Waals surface area contributed by atoms with Crippen molar-refractivity contribution in [2.45, 2.75) is 82.5 Å². The third-order valence-electron chi connectivity index (χ3n) is 16.1. The van der Waals surface area contributed by atoms with Crippen molar-refractivity contribution in [2.24, 2.45) is 0 Å². The number of ketones is 1. The lowest BCUT2D eigenvalue weighted by atomic mass is 9.65. The van der Waals surface area contributed by atoms with E-state index >= 15 is 0 Å². The molecule has 0 unspecified atom stereocenters. The van der Waals surface area contributed by atoms with Crippen LogP contribution in [0, 0.1) is 0 Å². The highest BCUT2D eigenvalue weighted by Crippen LogP contribution is 2.56. The molecule has 9 aromatic carbocycles. The van der Waals surface area contributed by atoms with E-state index in [1.54, 1.807) is 62.8 Å². The van der Waals surface area contributed by atoms with Gasteiger partial charge in [-0.05, 0) is 166 Å². The fourth-order valence-corrected chi connectivity index (χ4v) is 11.9. The second-order valence-electron chi connectivity index (χ2n) is 21.7. The summed E-state index contributed by atoms with van der Waals surface area (Å²) in [5, 5.41) is 0. The Hall–Kier alpha value is -9.74. The number of rotatable bonds is 15. The summed E-state index contributed by atoms with van der Waals surface area (Å²) in [5.41, 5.74) is 11.2. The molecular formula is C73H66O11. The van der Waals surface area contributed by atoms with Crippen molar-refractivity contribution < 1.29 is 52.3 Å². The number of ether oxygens (including phenoxy) is 7. The van der Waals surface area contributed by atoms with E-state index in [0.717, 1.165) is 87.3 Å². The maximum absolute atomic E-state index is 13.1. The molecule has 9 aromatic rings. The third kappa shape index (κ3) is 12.4. The predicted octanol–water partition coefficient (Wildman–Crippen LogP) is 16.5. The SMILES string of the molecule is COc1ccc(C(C)(C)c2ccc(OC(=O)Oc3ccc(CC(C)=O)cc3)cc2)cc1.COc1ccc(C2(c3ccc(OC(=O)Oc4ccc(C5(c6ccc(OC(C)=O)cc6)c6ccccc6-c6ccccc65)cc4)cc3)CCCCC2)cc1. The summed E-state index contributed by atoms with van der Waals surface area (Å²) in [6.07, 6.45) is 4.42. The van der Waals surface area contributed by atoms with Crippen LogP contribution >= 0.6 is 0 Å². The standard InChI is InChI=1S/C47H40O6.C26H26O5/c1-32(48)51-38-26-18-35(19-27-38)47(43-12-6-4-10-41(43)42-11-5-7-13-44(42)47)36-20-28-40(29-21-36)53-45(49)52-39-24-16-34(17-25-39)46(30-8-3-9-31-46)33-14-22-37(50-2)23-15-33;1-18(27)17-19-5-11-23(12-6-19)30-25(28)31-24-15-9-21(10-16-24)26(2,3)20-7-13-22(29-4)14-8-20/h4-7,10-29H,3,8-9,30-31H2,1-2H3;5-16H,17H2,1-4H3. The quantitative estimate of drug-likeness (QED) is 0.0552. The Morgan fingerprint density at radius 2 is 0.726 bits per heavy atom. The number of hydrogen-bond donors (Lipinski definition) is 0. The van der Waals surface area contributed by atoms with Crippen molar-refractivity contribution in [2.75, 3.05) is 14.2 Å². The van der Waals surface area contributed by atoms with Crippen LogP contribution in [0.15, 0.2) is 218 Å². The van der Waals surface area contributed by atoms with Crippen LogP contribution in [0.4, 0.5) is 9.59 Å². The molecule has 0 heterocycles. The van der Waals surface area contributed by atoms with Crippen LogP contribution in [0.1, 0.15) is 110 Å². The van der Waals surface area contributed by atoms with Gasteiger partial charge >= 0.3 is 18.3 Å². The van der Waals surface area contributed by atoms with Crippen LogP contribution in [0.5, 0.6) is 40.2 Å². The molecule has 0 saturated heterocycles. The van der Waals surface area contributed by atoms with E-state index in [-0.39, 0.29) is 22.6 Å². The Morgan fingerprint density at radius 3 is 1.11 bits per heavy atom. The van der Waals surface area contributed by atoms with Gasteiger partial charge in [0.1, 0.15) is 46.0 Å². The Balaban J connectivity index is 0.000000216. The first kappa shape index (κ1) is 57.5. The van der Waals surface area contributed by atoms with Crippen molar-refractivity contribution in [1.29, 1.82) is 0 Å². The zero-order chi connectivity index (χ0) is 58.8. The van der Waals surface area contributed by atoms with Crippen LogP contribution in [0.25, 0.3) is 11.1 Å². The summed E-state index contributed by atoms with van der Waals surface area (Å²) < 4.78 is 37.9. The van der Waals surface area contributed by atoms with Gasteiger partial charge in [-0.2, -0.15) is 0 Å². The summed E-state index contributed by atoms with van der Waals surface area (Å²) in [5.74, 6) is 3.40. The molecule has 11 heteroatoms. The van der Waals surface area contributed by atoms with E-state index in [1.165, 1.54) is 31.4 Å². The van der Waals surface area contributed by atoms with Gasteiger partial charge in [-0.1, -0.05) is 167 Å². The monoisotopic (exact) mass is 1120 g/mol. The van der Waals surface area contributed by atoms with Gasteiger partial charge in [-0.25, -0.2) is 9.59 Å². The van der Waals surface area contributed by atoms with Crippen LogP contribution in [-0.2, 0) is 32.3 Å². The lowest BCUT2D eigenvalue weighted by molar-refractivity contribution is -0.131. The molecule has 424 valence electrons. The van der Waals surface area contributed by atoms with Gasteiger partial charge in [0.15, 0.2) is 0 Å². The number of carbonyl (C=O) groups is 4. The minimum absolute atomic E-state index is 0.0756. The fraction of sp³-hybridized carbons (Fsp3) is 0.205. The van der Waals surface area contributed by atoms with Gasteiger partial charge in [-0.3, -0.25) is 9.59 Å². The van der Waals surface area contributed by atoms with Crippen molar-refractivity contribution >= 4 is 24.1 Å². The van der Waals surface area contributed by atoms with E-state index in [0.29, 0.717) is 35.2 Å². The highest BCUT2D eigenvalue weighted by Gasteiger charge is 2.46. The Labute approximate surface area is 490 Å². The van der Waals surface area contributed by atoms with Gasteiger partial charge in [0.2, 0.25) is 0 Å². The second kappa shape index (κ2) is 25.2. The van der Waals surface area contributed by atoms with Crippen LogP contribution < -0.4 is 33.2 Å². The summed E-state index contributed by atoms with van der Waals surface area (Å²) in [4.78, 5) is 48.0. The molecule has 0 bridgehead atoms. The molecule has 2 aliphatic rings. The molecule has 2 aliphatic carbocycles. The topological polar surface area (TPSA) is 133 Å². The number of benzene rings is 9. The average Bonchev–Trinajstić information content (AvgIpc) is 1.85. The highest BCUT2D eigenvalue weighted by molar-refractivity contribution is 5.86. The Morgan fingerprint density at radius 1 is 0.393 bits per heavy atom. The molecule has 0 amide bonds. The molecule has 11 rings (SSSR count). The molecule has 11 nitrogen and oxygen atoms in total. The van der Waals surface area contributed by atoms with E-state index in [4.69, 9.17) is 33.2 Å². The van der Waals surface area contributed by atoms with Gasteiger partial charge in [0.05, 0.1) is 19.6 Å². The molecule has 1 saturated carbocycles. The van der Waals surface area contributed by atoms with Gasteiger partial charge in [-0.15, -0.1) is 0 Å². The largest absolute Gasteiger partial charge is 0.519 e. The highest BCUT2D eigenvalue weighted by atomic mass is 16.7. The number of Topliss-reactive ketones (excluding diaryl/α,β-unsaturated/α-hetero) is 1. The zero-order valence-electron chi connectivity index (χ0n) is 48.0. The minimum atomic E-state index is -0.818. The van der Waals surface area contributed by atoms with E-state index in [2.05, 4.69) is 86.6 Å². The number of esters is 1. The molecule has 0 radical (unpaired) electrons. The van der Waals surface area contributed by atoms with E-state index < -0.39 is 17.7 Å². The maximum atomic E-state index is 13.1. The summed E-state index contributed by atoms with van der Waals surface area (Å²) in [6.45, 7) is 7.19. The minimum Gasteiger partial charge on any atom is -0.497 e. The summed E-state index contributed by atoms with van der Waals surface area (Å²) >= 11 is 0. The Kier molecular flexibility index (Phi) is 17.2. The first-order valence-corrected chi connectivity index (χ1v) is 28.2. The number of fused-ring (bicyclic) bond motifs is 3.